The fraction of sp³-hybridized carbons (Fsp3) is 0.533. The Labute approximate surface area is 109 Å². The summed E-state index contributed by atoms with van der Waals surface area (Å²) in [5.41, 5.74) is 7.02. The molecule has 0 saturated heterocycles. The van der Waals surface area contributed by atoms with Crippen LogP contribution in [-0.2, 0) is 4.79 Å². The lowest BCUT2D eigenvalue weighted by molar-refractivity contribution is -0.119. The molecule has 1 aromatic rings. The van der Waals surface area contributed by atoms with Gasteiger partial charge in [0, 0.05) is 24.7 Å². The van der Waals surface area contributed by atoms with Crippen molar-refractivity contribution in [2.75, 3.05) is 11.4 Å². The summed E-state index contributed by atoms with van der Waals surface area (Å²) in [5, 5.41) is 0. The minimum absolute atomic E-state index is 0.200. The van der Waals surface area contributed by atoms with Crippen molar-refractivity contribution >= 4 is 11.6 Å². The Morgan fingerprint density at radius 2 is 2.06 bits per heavy atom. The summed E-state index contributed by atoms with van der Waals surface area (Å²) < 4.78 is 0. The third-order valence-corrected chi connectivity index (χ3v) is 3.84. The maximum Gasteiger partial charge on any atom is 0.227 e. The van der Waals surface area contributed by atoms with Gasteiger partial charge in [-0.05, 0) is 37.8 Å². The molecule has 3 heteroatoms. The van der Waals surface area contributed by atoms with Gasteiger partial charge in [-0.15, -0.1) is 0 Å². The van der Waals surface area contributed by atoms with E-state index in [0.29, 0.717) is 18.9 Å². The molecular weight excluding hydrogens is 224 g/mol. The van der Waals surface area contributed by atoms with Crippen LogP contribution in [0.1, 0.15) is 32.6 Å². The van der Waals surface area contributed by atoms with E-state index in [4.69, 9.17) is 5.73 Å². The fourth-order valence-corrected chi connectivity index (χ4v) is 2.76. The van der Waals surface area contributed by atoms with Gasteiger partial charge in [-0.3, -0.25) is 4.79 Å². The van der Waals surface area contributed by atoms with Crippen molar-refractivity contribution in [3.8, 4) is 0 Å². The number of rotatable bonds is 4. The lowest BCUT2D eigenvalue weighted by atomic mass is 9.99. The van der Waals surface area contributed by atoms with Crippen molar-refractivity contribution in [1.29, 1.82) is 0 Å². The van der Waals surface area contributed by atoms with Crippen molar-refractivity contribution in [2.45, 2.75) is 38.6 Å². The van der Waals surface area contributed by atoms with Gasteiger partial charge in [-0.2, -0.15) is 0 Å². The van der Waals surface area contributed by atoms with Crippen LogP contribution < -0.4 is 10.6 Å². The molecule has 1 aromatic carbocycles. The number of anilines is 1. The van der Waals surface area contributed by atoms with E-state index in [-0.39, 0.29) is 11.9 Å². The second-order valence-corrected chi connectivity index (χ2v) is 5.03. The van der Waals surface area contributed by atoms with Crippen LogP contribution in [0.5, 0.6) is 0 Å². The highest BCUT2D eigenvalue weighted by atomic mass is 16.2. The van der Waals surface area contributed by atoms with Gasteiger partial charge in [-0.25, -0.2) is 0 Å². The predicted octanol–water partition coefficient (Wildman–Crippen LogP) is 2.56. The lowest BCUT2D eigenvalue weighted by Gasteiger charge is -2.24. The van der Waals surface area contributed by atoms with E-state index in [0.717, 1.165) is 24.9 Å². The second kappa shape index (κ2) is 6.01. The molecule has 0 radical (unpaired) electrons. The third kappa shape index (κ3) is 2.91. The molecule has 18 heavy (non-hydrogen) atoms. The van der Waals surface area contributed by atoms with E-state index in [1.165, 1.54) is 0 Å². The number of benzene rings is 1. The first kappa shape index (κ1) is 13.1. The average Bonchev–Trinajstić information content (AvgIpc) is 2.77. The first-order chi connectivity index (χ1) is 8.72. The molecule has 0 spiro atoms. The number of hydrogen-bond donors (Lipinski definition) is 1. The highest BCUT2D eigenvalue weighted by molar-refractivity contribution is 5.93. The molecule has 1 fully saturated rings. The van der Waals surface area contributed by atoms with Crippen LogP contribution in [0.2, 0.25) is 0 Å². The quantitative estimate of drug-likeness (QED) is 0.887. The number of nitrogens with two attached hydrogens (primary N) is 1. The Balaban J connectivity index is 2.02. The van der Waals surface area contributed by atoms with Gasteiger partial charge in [0.25, 0.3) is 0 Å². The van der Waals surface area contributed by atoms with E-state index >= 15 is 0 Å². The number of para-hydroxylation sites is 1. The molecule has 3 nitrogen and oxygen atoms in total. The summed E-state index contributed by atoms with van der Waals surface area (Å²) in [4.78, 5) is 14.2. The number of nitrogens with zero attached hydrogens (tertiary/aromatic N) is 1. The monoisotopic (exact) mass is 246 g/mol. The zero-order chi connectivity index (χ0) is 13.0. The summed E-state index contributed by atoms with van der Waals surface area (Å²) >= 11 is 0. The standard InChI is InChI=1S/C15H22N2O/c1-2-17(13-8-4-3-5-9-13)15(18)11-12-7-6-10-14(12)16/h3-5,8-9,12,14H,2,6-7,10-11,16H2,1H3/t12-,14+/m0/s1. The van der Waals surface area contributed by atoms with Crippen LogP contribution >= 0.6 is 0 Å². The molecule has 1 amide bonds. The molecule has 98 valence electrons. The minimum atomic E-state index is 0.200. The zero-order valence-corrected chi connectivity index (χ0v) is 11.0. The van der Waals surface area contributed by atoms with Gasteiger partial charge >= 0.3 is 0 Å². The van der Waals surface area contributed by atoms with Crippen molar-refractivity contribution in [3.63, 3.8) is 0 Å². The predicted molar refractivity (Wildman–Crippen MR) is 74.4 cm³/mol. The zero-order valence-electron chi connectivity index (χ0n) is 11.0. The molecule has 0 aliphatic heterocycles. The first-order valence-corrected chi connectivity index (χ1v) is 6.83. The number of carbonyl (C=O) groups is 1. The van der Waals surface area contributed by atoms with Gasteiger partial charge in [0.15, 0.2) is 0 Å². The van der Waals surface area contributed by atoms with Crippen molar-refractivity contribution < 1.29 is 4.79 Å². The molecule has 2 atom stereocenters. The van der Waals surface area contributed by atoms with Gasteiger partial charge in [0.1, 0.15) is 0 Å². The summed E-state index contributed by atoms with van der Waals surface area (Å²) in [7, 11) is 0. The maximum absolute atomic E-state index is 12.3. The van der Waals surface area contributed by atoms with Crippen molar-refractivity contribution in [2.24, 2.45) is 11.7 Å². The average molecular weight is 246 g/mol. The molecule has 2 N–H and O–H groups in total. The largest absolute Gasteiger partial charge is 0.327 e. The number of amides is 1. The number of hydrogen-bond acceptors (Lipinski definition) is 2. The molecular formula is C15H22N2O. The second-order valence-electron chi connectivity index (χ2n) is 5.03. The van der Waals surface area contributed by atoms with Gasteiger partial charge in [0.2, 0.25) is 5.91 Å². The molecule has 0 unspecified atom stereocenters. The van der Waals surface area contributed by atoms with Crippen LogP contribution in [0.15, 0.2) is 30.3 Å². The smallest absolute Gasteiger partial charge is 0.227 e. The van der Waals surface area contributed by atoms with Crippen LogP contribution in [-0.4, -0.2) is 18.5 Å². The topological polar surface area (TPSA) is 46.3 Å². The molecule has 1 aliphatic rings. The van der Waals surface area contributed by atoms with E-state index in [1.807, 2.05) is 42.2 Å². The Morgan fingerprint density at radius 3 is 2.61 bits per heavy atom. The number of carbonyl (C=O) groups excluding carboxylic acids is 1. The van der Waals surface area contributed by atoms with E-state index in [2.05, 4.69) is 0 Å². The molecule has 1 saturated carbocycles. The minimum Gasteiger partial charge on any atom is -0.327 e. The van der Waals surface area contributed by atoms with Crippen LogP contribution in [0.3, 0.4) is 0 Å². The summed E-state index contributed by atoms with van der Waals surface area (Å²) in [6.45, 7) is 2.73. The highest BCUT2D eigenvalue weighted by Crippen LogP contribution is 2.28. The van der Waals surface area contributed by atoms with Gasteiger partial charge < -0.3 is 10.6 Å². The van der Waals surface area contributed by atoms with E-state index in [9.17, 15) is 4.79 Å². The van der Waals surface area contributed by atoms with Crippen LogP contribution in [0.25, 0.3) is 0 Å². The molecule has 1 aliphatic carbocycles. The maximum atomic E-state index is 12.3. The lowest BCUT2D eigenvalue weighted by Crippen LogP contribution is -2.35. The summed E-state index contributed by atoms with van der Waals surface area (Å²) in [6, 6.07) is 10.1. The SMILES string of the molecule is CCN(C(=O)C[C@@H]1CCC[C@H]1N)c1ccccc1. The Morgan fingerprint density at radius 1 is 1.33 bits per heavy atom. The first-order valence-electron chi connectivity index (χ1n) is 6.83. The molecule has 0 bridgehead atoms. The third-order valence-electron chi connectivity index (χ3n) is 3.84. The summed E-state index contributed by atoms with van der Waals surface area (Å²) in [5.74, 6) is 0.571. The summed E-state index contributed by atoms with van der Waals surface area (Å²) in [6.07, 6.45) is 3.91. The van der Waals surface area contributed by atoms with Crippen molar-refractivity contribution in [1.82, 2.24) is 0 Å². The van der Waals surface area contributed by atoms with Crippen LogP contribution in [0.4, 0.5) is 5.69 Å². The molecule has 0 heterocycles. The van der Waals surface area contributed by atoms with Crippen molar-refractivity contribution in [3.05, 3.63) is 30.3 Å². The Kier molecular flexibility index (Phi) is 4.37. The van der Waals surface area contributed by atoms with Gasteiger partial charge in [-0.1, -0.05) is 24.6 Å². The molecule has 0 aromatic heterocycles. The Hall–Kier alpha value is -1.35. The van der Waals surface area contributed by atoms with E-state index < -0.39 is 0 Å². The Bertz CT molecular complexity index is 391. The van der Waals surface area contributed by atoms with Gasteiger partial charge in [0.05, 0.1) is 0 Å². The highest BCUT2D eigenvalue weighted by Gasteiger charge is 2.27. The van der Waals surface area contributed by atoms with Crippen LogP contribution in [0, 0.1) is 5.92 Å². The fourth-order valence-electron chi connectivity index (χ4n) is 2.76. The molecule has 2 rings (SSSR count). The normalized spacial score (nSPS) is 23.0. The van der Waals surface area contributed by atoms with E-state index in [1.54, 1.807) is 0 Å².